The van der Waals surface area contributed by atoms with Gasteiger partial charge in [0.1, 0.15) is 0 Å². The van der Waals surface area contributed by atoms with Gasteiger partial charge in [-0.3, -0.25) is 0 Å². The molecule has 0 unspecified atom stereocenters. The van der Waals surface area contributed by atoms with Crippen LogP contribution in [0.3, 0.4) is 0 Å². The second-order valence-corrected chi connectivity index (χ2v) is 12.6. The van der Waals surface area contributed by atoms with Crippen molar-refractivity contribution in [3.63, 3.8) is 0 Å². The molecule has 7 heteroatoms. The standard InChI is InChI=1S/C12H10Cl2Si.C3H10O3Si/c13-15(14,11-7-3-1-4-8-11)12-9-5-2-6-10-12;1-4-7(5-2)6-3/h1-10H;7H,1-3H3. The SMILES string of the molecule is CO[SiH](OC)OC.Cl[Si](Cl)(c1ccccc1)c1ccccc1. The lowest BCUT2D eigenvalue weighted by Gasteiger charge is -2.17. The summed E-state index contributed by atoms with van der Waals surface area (Å²) in [5.41, 5.74) is 0. The van der Waals surface area contributed by atoms with Gasteiger partial charge in [-0.25, -0.2) is 0 Å². The van der Waals surface area contributed by atoms with Gasteiger partial charge in [-0.1, -0.05) is 60.7 Å². The third-order valence-corrected chi connectivity index (χ3v) is 8.74. The first-order chi connectivity index (χ1) is 10.6. The fourth-order valence-corrected chi connectivity index (χ4v) is 5.40. The molecule has 0 aliphatic heterocycles. The topological polar surface area (TPSA) is 27.7 Å². The molecule has 0 saturated heterocycles. The zero-order valence-electron chi connectivity index (χ0n) is 12.8. The molecule has 3 nitrogen and oxygen atoms in total. The van der Waals surface area contributed by atoms with Crippen molar-refractivity contribution in [1.82, 2.24) is 0 Å². The highest BCUT2D eigenvalue weighted by Gasteiger charge is 2.32. The van der Waals surface area contributed by atoms with E-state index < -0.39 is 16.2 Å². The molecule has 0 amide bonds. The van der Waals surface area contributed by atoms with Gasteiger partial charge in [-0.05, 0) is 10.4 Å². The van der Waals surface area contributed by atoms with Crippen LogP contribution >= 0.6 is 22.2 Å². The summed E-state index contributed by atoms with van der Waals surface area (Å²) in [6.45, 7) is -2.51. The van der Waals surface area contributed by atoms with Gasteiger partial charge in [0.25, 0.3) is 0 Å². The molecular formula is C15H20Cl2O3Si2. The smallest absolute Gasteiger partial charge is 0.379 e. The molecule has 0 bridgehead atoms. The van der Waals surface area contributed by atoms with Crippen LogP contribution in [0.5, 0.6) is 0 Å². The Hall–Kier alpha value is -0.666. The highest BCUT2D eigenvalue weighted by molar-refractivity contribution is 7.56. The van der Waals surface area contributed by atoms with E-state index in [9.17, 15) is 0 Å². The first kappa shape index (κ1) is 19.4. The number of halogens is 2. The van der Waals surface area contributed by atoms with E-state index in [0.29, 0.717) is 0 Å². The summed E-state index contributed by atoms with van der Waals surface area (Å²) in [5, 5.41) is 2.05. The Kier molecular flexibility index (Phi) is 8.96. The first-order valence-electron chi connectivity index (χ1n) is 6.63. The predicted molar refractivity (Wildman–Crippen MR) is 97.8 cm³/mol. The van der Waals surface area contributed by atoms with Gasteiger partial charge >= 0.3 is 16.2 Å². The molecule has 0 aliphatic carbocycles. The van der Waals surface area contributed by atoms with Crippen molar-refractivity contribution in [3.8, 4) is 0 Å². The second-order valence-electron chi connectivity index (χ2n) is 4.30. The molecule has 0 saturated carbocycles. The quantitative estimate of drug-likeness (QED) is 0.593. The van der Waals surface area contributed by atoms with Gasteiger partial charge in [0, 0.05) is 21.3 Å². The molecule has 22 heavy (non-hydrogen) atoms. The largest absolute Gasteiger partial charge is 0.483 e. The molecule has 0 heterocycles. The lowest BCUT2D eigenvalue weighted by Crippen LogP contribution is -2.48. The van der Waals surface area contributed by atoms with Crippen molar-refractivity contribution in [2.45, 2.75) is 0 Å². The van der Waals surface area contributed by atoms with Crippen molar-refractivity contribution in [2.24, 2.45) is 0 Å². The summed E-state index contributed by atoms with van der Waals surface area (Å²) in [4.78, 5) is 0. The van der Waals surface area contributed by atoms with Crippen LogP contribution < -0.4 is 10.4 Å². The fourth-order valence-electron chi connectivity index (χ4n) is 1.75. The Morgan fingerprint density at radius 3 is 1.23 bits per heavy atom. The summed E-state index contributed by atoms with van der Waals surface area (Å²) in [6.07, 6.45) is 0. The number of rotatable bonds is 5. The zero-order chi connectivity index (χ0) is 16.4. The molecule has 0 atom stereocenters. The van der Waals surface area contributed by atoms with Crippen LogP contribution in [-0.4, -0.2) is 37.6 Å². The van der Waals surface area contributed by atoms with E-state index in [1.807, 2.05) is 60.7 Å². The third kappa shape index (κ3) is 5.85. The minimum absolute atomic E-state index is 1.03. The Bertz CT molecular complexity index is 476. The average Bonchev–Trinajstić information content (AvgIpc) is 2.59. The Labute approximate surface area is 144 Å². The molecule has 2 aromatic carbocycles. The van der Waals surface area contributed by atoms with E-state index in [-0.39, 0.29) is 0 Å². The average molecular weight is 375 g/mol. The van der Waals surface area contributed by atoms with Crippen LogP contribution in [0.15, 0.2) is 60.7 Å². The van der Waals surface area contributed by atoms with Gasteiger partial charge in [0.2, 0.25) is 0 Å². The van der Waals surface area contributed by atoms with E-state index in [2.05, 4.69) is 0 Å². The normalized spacial score (nSPS) is 11.0. The highest BCUT2D eigenvalue weighted by atomic mass is 35.7. The number of hydrogen-bond acceptors (Lipinski definition) is 3. The minimum atomic E-state index is -2.51. The molecule has 120 valence electrons. The molecule has 0 N–H and O–H groups in total. The maximum absolute atomic E-state index is 6.49. The maximum atomic E-state index is 6.49. The number of hydrogen-bond donors (Lipinski definition) is 0. The second kappa shape index (κ2) is 10.2. The van der Waals surface area contributed by atoms with Crippen molar-refractivity contribution < 1.29 is 13.3 Å². The molecule has 0 aliphatic rings. The Balaban J connectivity index is 0.000000295. The van der Waals surface area contributed by atoms with Gasteiger partial charge in [0.15, 0.2) is 0 Å². The number of benzene rings is 2. The summed E-state index contributed by atoms with van der Waals surface area (Å²) < 4.78 is 14.2. The lowest BCUT2D eigenvalue weighted by atomic mass is 10.4. The van der Waals surface area contributed by atoms with Crippen molar-refractivity contribution in [1.29, 1.82) is 0 Å². The molecule has 0 radical (unpaired) electrons. The van der Waals surface area contributed by atoms with Gasteiger partial charge in [0.05, 0.1) is 0 Å². The van der Waals surface area contributed by atoms with Crippen molar-refractivity contribution in [2.75, 3.05) is 21.3 Å². The van der Waals surface area contributed by atoms with Crippen LogP contribution in [-0.2, 0) is 13.3 Å². The molecular weight excluding hydrogens is 355 g/mol. The summed E-state index contributed by atoms with van der Waals surface area (Å²) in [6, 6.07) is 19.7. The Morgan fingerprint density at radius 2 is 1.00 bits per heavy atom. The molecule has 2 aromatic rings. The fraction of sp³-hybridized carbons (Fsp3) is 0.200. The van der Waals surface area contributed by atoms with E-state index in [4.69, 9.17) is 35.4 Å². The van der Waals surface area contributed by atoms with Crippen LogP contribution in [0.2, 0.25) is 0 Å². The lowest BCUT2D eigenvalue weighted by molar-refractivity contribution is 0.163. The Morgan fingerprint density at radius 1 is 0.682 bits per heavy atom. The van der Waals surface area contributed by atoms with E-state index >= 15 is 0 Å². The van der Waals surface area contributed by atoms with Crippen LogP contribution in [0, 0.1) is 0 Å². The molecule has 0 spiro atoms. The van der Waals surface area contributed by atoms with E-state index in [1.165, 1.54) is 0 Å². The summed E-state index contributed by atoms with van der Waals surface area (Å²) in [7, 11) is 3.05. The third-order valence-electron chi connectivity index (χ3n) is 2.85. The van der Waals surface area contributed by atoms with Crippen molar-refractivity contribution >= 4 is 48.8 Å². The predicted octanol–water partition coefficient (Wildman–Crippen LogP) is 2.36. The minimum Gasteiger partial charge on any atom is -0.379 e. The van der Waals surface area contributed by atoms with Crippen molar-refractivity contribution in [3.05, 3.63) is 60.7 Å². The molecule has 2 rings (SSSR count). The van der Waals surface area contributed by atoms with Gasteiger partial charge in [-0.2, -0.15) is 0 Å². The van der Waals surface area contributed by atoms with Gasteiger partial charge in [-0.15, -0.1) is 22.2 Å². The van der Waals surface area contributed by atoms with Crippen LogP contribution in [0.1, 0.15) is 0 Å². The zero-order valence-corrected chi connectivity index (χ0v) is 16.5. The van der Waals surface area contributed by atoms with E-state index in [0.717, 1.165) is 10.4 Å². The van der Waals surface area contributed by atoms with Crippen LogP contribution in [0.25, 0.3) is 0 Å². The first-order valence-corrected chi connectivity index (χ1v) is 12.1. The van der Waals surface area contributed by atoms with Gasteiger partial charge < -0.3 is 13.3 Å². The summed E-state index contributed by atoms with van der Waals surface area (Å²) >= 11 is 13.0. The highest BCUT2D eigenvalue weighted by Crippen LogP contribution is 2.14. The maximum Gasteiger partial charge on any atom is 0.483 e. The summed E-state index contributed by atoms with van der Waals surface area (Å²) in [5.74, 6) is 0. The molecule has 0 fully saturated rings. The molecule has 0 aromatic heterocycles. The van der Waals surface area contributed by atoms with Crippen LogP contribution in [0.4, 0.5) is 0 Å². The van der Waals surface area contributed by atoms with E-state index in [1.54, 1.807) is 21.3 Å². The monoisotopic (exact) mass is 374 g/mol.